The number of ether oxygens (including phenoxy) is 1. The summed E-state index contributed by atoms with van der Waals surface area (Å²) in [5.41, 5.74) is 1.22. The van der Waals surface area contributed by atoms with E-state index in [-0.39, 0.29) is 11.9 Å². The number of carbonyl (C=O) groups is 1. The Bertz CT molecular complexity index is 464. The van der Waals surface area contributed by atoms with E-state index in [0.29, 0.717) is 6.54 Å². The Labute approximate surface area is 133 Å². The normalized spacial score (nSPS) is 22.9. The van der Waals surface area contributed by atoms with Gasteiger partial charge in [0, 0.05) is 6.54 Å². The van der Waals surface area contributed by atoms with Crippen LogP contribution in [0, 0.1) is 5.92 Å². The van der Waals surface area contributed by atoms with Gasteiger partial charge in [-0.1, -0.05) is 19.1 Å². The van der Waals surface area contributed by atoms with Crippen LogP contribution < -0.4 is 15.0 Å². The Morgan fingerprint density at radius 3 is 2.55 bits per heavy atom. The van der Waals surface area contributed by atoms with Gasteiger partial charge in [-0.25, -0.2) is 0 Å². The van der Waals surface area contributed by atoms with Gasteiger partial charge in [-0.3, -0.25) is 4.79 Å². The summed E-state index contributed by atoms with van der Waals surface area (Å²) in [4.78, 5) is 13.7. The van der Waals surface area contributed by atoms with Crippen LogP contribution in [0.25, 0.3) is 0 Å². The molecule has 0 aliphatic carbocycles. The summed E-state index contributed by atoms with van der Waals surface area (Å²) >= 11 is 0. The minimum Gasteiger partial charge on any atom is -0.497 e. The second-order valence-corrected chi connectivity index (χ2v) is 6.45. The predicted molar refractivity (Wildman–Crippen MR) is 88.3 cm³/mol. The van der Waals surface area contributed by atoms with Crippen LogP contribution in [0.1, 0.15) is 32.3 Å². The van der Waals surface area contributed by atoms with E-state index >= 15 is 0 Å². The second kappa shape index (κ2) is 8.18. The smallest absolute Gasteiger partial charge is 0.278 e. The molecule has 1 amide bonds. The Kier molecular flexibility index (Phi) is 6.25. The Morgan fingerprint density at radius 1 is 1.32 bits per heavy atom. The number of likely N-dealkylation sites (tertiary alicyclic amines) is 1. The number of quaternary nitrogens is 1. The van der Waals surface area contributed by atoms with Gasteiger partial charge in [0.05, 0.1) is 20.2 Å². The van der Waals surface area contributed by atoms with E-state index in [1.165, 1.54) is 23.3 Å². The van der Waals surface area contributed by atoms with Crippen LogP contribution >= 0.6 is 0 Å². The highest BCUT2D eigenvalue weighted by Crippen LogP contribution is 2.11. The summed E-state index contributed by atoms with van der Waals surface area (Å²) in [7, 11) is 1.67. The number of piperidine rings is 1. The fraction of sp³-hybridized carbons (Fsp3) is 0.611. The quantitative estimate of drug-likeness (QED) is 0.825. The van der Waals surface area contributed by atoms with Gasteiger partial charge in [0.1, 0.15) is 5.75 Å². The number of nitrogens with one attached hydrogen (secondary N) is 2. The van der Waals surface area contributed by atoms with E-state index in [1.54, 1.807) is 7.11 Å². The van der Waals surface area contributed by atoms with E-state index in [9.17, 15) is 4.79 Å². The van der Waals surface area contributed by atoms with Crippen molar-refractivity contribution in [1.82, 2.24) is 5.32 Å². The summed E-state index contributed by atoms with van der Waals surface area (Å²) in [5.74, 6) is 1.86. The molecule has 4 heteroatoms. The van der Waals surface area contributed by atoms with Crippen molar-refractivity contribution in [2.24, 2.45) is 5.92 Å². The van der Waals surface area contributed by atoms with Gasteiger partial charge >= 0.3 is 0 Å². The van der Waals surface area contributed by atoms with E-state index in [0.717, 1.165) is 31.2 Å². The first-order chi connectivity index (χ1) is 10.6. The monoisotopic (exact) mass is 305 g/mol. The lowest BCUT2D eigenvalue weighted by Gasteiger charge is -2.31. The van der Waals surface area contributed by atoms with Crippen molar-refractivity contribution in [2.75, 3.05) is 26.7 Å². The molecular weight excluding hydrogens is 276 g/mol. The van der Waals surface area contributed by atoms with Crippen molar-refractivity contribution >= 4 is 5.91 Å². The molecule has 1 aliphatic rings. The fourth-order valence-corrected chi connectivity index (χ4v) is 3.03. The van der Waals surface area contributed by atoms with Gasteiger partial charge in [-0.05, 0) is 49.8 Å². The highest BCUT2D eigenvalue weighted by molar-refractivity contribution is 5.79. The molecule has 2 rings (SSSR count). The molecule has 0 spiro atoms. The molecule has 0 bridgehead atoms. The first-order valence-electron chi connectivity index (χ1n) is 8.35. The SMILES string of the molecule is COc1ccc(CCNC(=O)[C@H](C)[NH+]2CCC(C)CC2)cc1. The van der Waals surface area contributed by atoms with Crippen molar-refractivity contribution in [1.29, 1.82) is 0 Å². The van der Waals surface area contributed by atoms with Crippen LogP contribution in [0.4, 0.5) is 0 Å². The maximum Gasteiger partial charge on any atom is 0.278 e. The average Bonchev–Trinajstić information content (AvgIpc) is 2.55. The zero-order valence-electron chi connectivity index (χ0n) is 14.0. The van der Waals surface area contributed by atoms with Crippen molar-refractivity contribution < 1.29 is 14.4 Å². The molecule has 0 radical (unpaired) electrons. The number of hydrogen-bond donors (Lipinski definition) is 2. The maximum atomic E-state index is 12.3. The predicted octanol–water partition coefficient (Wildman–Crippen LogP) is 1.06. The number of hydrogen-bond acceptors (Lipinski definition) is 2. The number of methoxy groups -OCH3 is 1. The molecule has 0 aromatic heterocycles. The molecule has 1 aliphatic heterocycles. The third kappa shape index (κ3) is 4.73. The molecule has 1 aromatic carbocycles. The molecule has 1 atom stereocenters. The largest absolute Gasteiger partial charge is 0.497 e. The number of amides is 1. The number of rotatable bonds is 6. The van der Waals surface area contributed by atoms with Crippen LogP contribution in [-0.4, -0.2) is 38.7 Å². The lowest BCUT2D eigenvalue weighted by Crippen LogP contribution is -3.17. The van der Waals surface area contributed by atoms with E-state index < -0.39 is 0 Å². The van der Waals surface area contributed by atoms with Crippen molar-refractivity contribution in [3.8, 4) is 5.75 Å². The summed E-state index contributed by atoms with van der Waals surface area (Å²) in [6.07, 6.45) is 3.33. The number of benzene rings is 1. The Balaban J connectivity index is 1.72. The topological polar surface area (TPSA) is 42.8 Å². The molecule has 122 valence electrons. The minimum absolute atomic E-state index is 0.0587. The zero-order chi connectivity index (χ0) is 15.9. The molecule has 0 unspecified atom stereocenters. The van der Waals surface area contributed by atoms with Crippen molar-refractivity contribution in [2.45, 2.75) is 39.2 Å². The van der Waals surface area contributed by atoms with Gasteiger partial charge in [0.15, 0.2) is 6.04 Å². The van der Waals surface area contributed by atoms with Crippen molar-refractivity contribution in [3.63, 3.8) is 0 Å². The van der Waals surface area contributed by atoms with Gasteiger partial charge in [0.2, 0.25) is 0 Å². The Morgan fingerprint density at radius 2 is 1.95 bits per heavy atom. The fourth-order valence-electron chi connectivity index (χ4n) is 3.03. The van der Waals surface area contributed by atoms with E-state index in [1.807, 2.05) is 31.2 Å². The summed E-state index contributed by atoms with van der Waals surface area (Å²) < 4.78 is 5.15. The first kappa shape index (κ1) is 16.8. The van der Waals surface area contributed by atoms with Gasteiger partial charge in [-0.2, -0.15) is 0 Å². The Hall–Kier alpha value is -1.55. The van der Waals surface area contributed by atoms with Gasteiger partial charge in [-0.15, -0.1) is 0 Å². The van der Waals surface area contributed by atoms with E-state index in [4.69, 9.17) is 4.74 Å². The molecule has 22 heavy (non-hydrogen) atoms. The van der Waals surface area contributed by atoms with Gasteiger partial charge in [0.25, 0.3) is 5.91 Å². The molecule has 2 N–H and O–H groups in total. The summed E-state index contributed by atoms with van der Waals surface area (Å²) in [6, 6.07) is 8.07. The molecule has 1 aromatic rings. The third-order valence-electron chi connectivity index (χ3n) is 4.79. The summed E-state index contributed by atoms with van der Waals surface area (Å²) in [5, 5.41) is 3.08. The highest BCUT2D eigenvalue weighted by Gasteiger charge is 2.28. The summed E-state index contributed by atoms with van der Waals surface area (Å²) in [6.45, 7) is 7.28. The standard InChI is InChI=1S/C18H28N2O2/c1-14-9-12-20(13-10-14)15(2)18(21)19-11-8-16-4-6-17(22-3)7-5-16/h4-7,14-15H,8-13H2,1-3H3,(H,19,21)/p+1/t15-/m0/s1. The molecule has 1 saturated heterocycles. The van der Waals surface area contributed by atoms with Crippen LogP contribution in [0.5, 0.6) is 5.75 Å². The lowest BCUT2D eigenvalue weighted by molar-refractivity contribution is -0.920. The van der Waals surface area contributed by atoms with Gasteiger partial charge < -0.3 is 15.0 Å². The molecule has 1 heterocycles. The van der Waals surface area contributed by atoms with Crippen LogP contribution in [0.2, 0.25) is 0 Å². The molecule has 0 saturated carbocycles. The first-order valence-corrected chi connectivity index (χ1v) is 8.35. The third-order valence-corrected chi connectivity index (χ3v) is 4.79. The van der Waals surface area contributed by atoms with E-state index in [2.05, 4.69) is 12.2 Å². The van der Waals surface area contributed by atoms with Crippen LogP contribution in [-0.2, 0) is 11.2 Å². The molecule has 4 nitrogen and oxygen atoms in total. The second-order valence-electron chi connectivity index (χ2n) is 6.45. The lowest BCUT2D eigenvalue weighted by atomic mass is 9.98. The molecule has 1 fully saturated rings. The molecular formula is C18H29N2O2+. The number of carbonyl (C=O) groups excluding carboxylic acids is 1. The average molecular weight is 305 g/mol. The zero-order valence-corrected chi connectivity index (χ0v) is 14.0. The highest BCUT2D eigenvalue weighted by atomic mass is 16.5. The minimum atomic E-state index is 0.0587. The van der Waals surface area contributed by atoms with Crippen LogP contribution in [0.15, 0.2) is 24.3 Å². The maximum absolute atomic E-state index is 12.3. The van der Waals surface area contributed by atoms with Crippen LogP contribution in [0.3, 0.4) is 0 Å². The van der Waals surface area contributed by atoms with Crippen molar-refractivity contribution in [3.05, 3.63) is 29.8 Å².